The summed E-state index contributed by atoms with van der Waals surface area (Å²) >= 11 is 0. The van der Waals surface area contributed by atoms with Crippen molar-refractivity contribution in [3.8, 4) is 0 Å². The van der Waals surface area contributed by atoms with Gasteiger partial charge in [0.2, 0.25) is 0 Å². The number of carbonyl (C=O) groups excluding carboxylic acids is 1. The number of carboxylic acids is 1. The number of aromatic nitrogens is 1. The number of anilines is 2. The molecule has 0 atom stereocenters. The van der Waals surface area contributed by atoms with E-state index in [-0.39, 0.29) is 11.3 Å². The lowest BCUT2D eigenvalue weighted by Crippen LogP contribution is -2.20. The Kier molecular flexibility index (Phi) is 3.90. The summed E-state index contributed by atoms with van der Waals surface area (Å²) in [5.41, 5.74) is 0.143. The quantitative estimate of drug-likeness (QED) is 0.802. The number of amides is 2. The van der Waals surface area contributed by atoms with Crippen molar-refractivity contribution in [2.75, 3.05) is 10.6 Å². The Labute approximate surface area is 113 Å². The molecule has 0 spiro atoms. The Hall–Kier alpha value is -2.96. The first-order valence-electron chi connectivity index (χ1n) is 5.57. The Morgan fingerprint density at radius 3 is 2.60 bits per heavy atom. The first-order valence-corrected chi connectivity index (χ1v) is 5.57. The maximum atomic E-state index is 13.6. The molecule has 0 bridgehead atoms. The number of pyridine rings is 1. The monoisotopic (exact) mass is 275 g/mol. The number of rotatable bonds is 3. The van der Waals surface area contributed by atoms with Crippen LogP contribution < -0.4 is 10.6 Å². The third-order valence-electron chi connectivity index (χ3n) is 2.38. The standard InChI is InChI=1S/C13H10FN3O3/c14-10-6-8(12(18)19)3-4-11(10)17-13(20)16-9-2-1-5-15-7-9/h1-7H,(H,18,19)(H2,16,17,20). The van der Waals surface area contributed by atoms with Crippen molar-refractivity contribution in [3.63, 3.8) is 0 Å². The lowest BCUT2D eigenvalue weighted by Gasteiger charge is -2.08. The van der Waals surface area contributed by atoms with Crippen molar-refractivity contribution >= 4 is 23.4 Å². The van der Waals surface area contributed by atoms with Crippen LogP contribution in [0.4, 0.5) is 20.6 Å². The van der Waals surface area contributed by atoms with E-state index in [9.17, 15) is 14.0 Å². The highest BCUT2D eigenvalue weighted by atomic mass is 19.1. The predicted molar refractivity (Wildman–Crippen MR) is 70.2 cm³/mol. The molecule has 0 radical (unpaired) electrons. The second kappa shape index (κ2) is 5.79. The number of halogens is 1. The van der Waals surface area contributed by atoms with Crippen LogP contribution in [-0.4, -0.2) is 22.1 Å². The predicted octanol–water partition coefficient (Wildman–Crippen LogP) is 2.56. The molecule has 0 unspecified atom stereocenters. The molecule has 0 aliphatic heterocycles. The van der Waals surface area contributed by atoms with E-state index >= 15 is 0 Å². The minimum absolute atomic E-state index is 0.114. The van der Waals surface area contributed by atoms with Gasteiger partial charge in [0.25, 0.3) is 0 Å². The average molecular weight is 275 g/mol. The maximum Gasteiger partial charge on any atom is 0.335 e. The molecular weight excluding hydrogens is 265 g/mol. The van der Waals surface area contributed by atoms with Crippen molar-refractivity contribution in [2.45, 2.75) is 0 Å². The average Bonchev–Trinajstić information content (AvgIpc) is 2.42. The van der Waals surface area contributed by atoms with Gasteiger partial charge in [-0.2, -0.15) is 0 Å². The number of nitrogens with one attached hydrogen (secondary N) is 2. The van der Waals surface area contributed by atoms with Gasteiger partial charge in [-0.25, -0.2) is 14.0 Å². The molecule has 6 nitrogen and oxygen atoms in total. The van der Waals surface area contributed by atoms with Crippen LogP contribution in [0.2, 0.25) is 0 Å². The summed E-state index contributed by atoms with van der Waals surface area (Å²) in [5, 5.41) is 13.4. The minimum atomic E-state index is -1.24. The molecule has 1 aromatic heterocycles. The molecule has 0 saturated heterocycles. The first-order chi connectivity index (χ1) is 9.56. The number of nitrogens with zero attached hydrogens (tertiary/aromatic N) is 1. The van der Waals surface area contributed by atoms with Crippen molar-refractivity contribution in [2.24, 2.45) is 0 Å². The second-order valence-electron chi connectivity index (χ2n) is 3.82. The Morgan fingerprint density at radius 2 is 2.00 bits per heavy atom. The van der Waals surface area contributed by atoms with E-state index in [1.807, 2.05) is 0 Å². The zero-order chi connectivity index (χ0) is 14.5. The lowest BCUT2D eigenvalue weighted by atomic mass is 10.2. The summed E-state index contributed by atoms with van der Waals surface area (Å²) in [6.45, 7) is 0. The summed E-state index contributed by atoms with van der Waals surface area (Å²) in [5.74, 6) is -2.07. The molecule has 0 aliphatic carbocycles. The van der Waals surface area contributed by atoms with E-state index in [1.165, 1.54) is 18.3 Å². The van der Waals surface area contributed by atoms with Crippen LogP contribution in [0.1, 0.15) is 10.4 Å². The van der Waals surface area contributed by atoms with Gasteiger partial charge in [0, 0.05) is 6.20 Å². The van der Waals surface area contributed by atoms with Crippen LogP contribution >= 0.6 is 0 Å². The highest BCUT2D eigenvalue weighted by molar-refractivity contribution is 6.00. The molecule has 0 saturated carbocycles. The Morgan fingerprint density at radius 1 is 1.20 bits per heavy atom. The molecule has 3 N–H and O–H groups in total. The van der Waals surface area contributed by atoms with E-state index in [4.69, 9.17) is 5.11 Å². The van der Waals surface area contributed by atoms with Crippen LogP contribution in [0, 0.1) is 5.82 Å². The Balaban J connectivity index is 2.06. The van der Waals surface area contributed by atoms with Crippen molar-refractivity contribution in [1.82, 2.24) is 4.98 Å². The smallest absolute Gasteiger partial charge is 0.335 e. The van der Waals surface area contributed by atoms with Gasteiger partial charge in [0.05, 0.1) is 23.1 Å². The lowest BCUT2D eigenvalue weighted by molar-refractivity contribution is 0.0696. The largest absolute Gasteiger partial charge is 0.478 e. The van der Waals surface area contributed by atoms with Gasteiger partial charge in [-0.05, 0) is 30.3 Å². The van der Waals surface area contributed by atoms with E-state index in [0.717, 1.165) is 6.07 Å². The van der Waals surface area contributed by atoms with Crippen LogP contribution in [0.5, 0.6) is 0 Å². The van der Waals surface area contributed by atoms with Gasteiger partial charge < -0.3 is 15.7 Å². The number of urea groups is 1. The molecule has 2 rings (SSSR count). The Bertz CT molecular complexity index is 647. The molecule has 0 fully saturated rings. The molecule has 2 aromatic rings. The van der Waals surface area contributed by atoms with Gasteiger partial charge >= 0.3 is 12.0 Å². The zero-order valence-electron chi connectivity index (χ0n) is 10.1. The molecular formula is C13H10FN3O3. The van der Waals surface area contributed by atoms with Gasteiger partial charge in [-0.15, -0.1) is 0 Å². The fourth-order valence-corrected chi connectivity index (χ4v) is 1.47. The summed E-state index contributed by atoms with van der Waals surface area (Å²) in [7, 11) is 0. The molecule has 20 heavy (non-hydrogen) atoms. The molecule has 7 heteroatoms. The third-order valence-corrected chi connectivity index (χ3v) is 2.38. The van der Waals surface area contributed by atoms with E-state index in [2.05, 4.69) is 15.6 Å². The van der Waals surface area contributed by atoms with Crippen molar-refractivity contribution in [3.05, 3.63) is 54.1 Å². The number of hydrogen-bond acceptors (Lipinski definition) is 3. The number of benzene rings is 1. The fraction of sp³-hybridized carbons (Fsp3) is 0. The number of hydrogen-bond donors (Lipinski definition) is 3. The summed E-state index contributed by atoms with van der Waals surface area (Å²) < 4.78 is 13.6. The van der Waals surface area contributed by atoms with Crippen molar-refractivity contribution in [1.29, 1.82) is 0 Å². The molecule has 1 aromatic carbocycles. The van der Waals surface area contributed by atoms with E-state index in [1.54, 1.807) is 18.3 Å². The van der Waals surface area contributed by atoms with Gasteiger partial charge in [0.1, 0.15) is 5.82 Å². The second-order valence-corrected chi connectivity index (χ2v) is 3.82. The van der Waals surface area contributed by atoms with Gasteiger partial charge in [0.15, 0.2) is 0 Å². The highest BCUT2D eigenvalue weighted by Gasteiger charge is 2.10. The third kappa shape index (κ3) is 3.29. The van der Waals surface area contributed by atoms with Crippen LogP contribution in [0.25, 0.3) is 0 Å². The molecule has 0 aliphatic rings. The van der Waals surface area contributed by atoms with Crippen LogP contribution in [0.15, 0.2) is 42.7 Å². The zero-order valence-corrected chi connectivity index (χ0v) is 10.1. The van der Waals surface area contributed by atoms with Gasteiger partial charge in [-0.1, -0.05) is 0 Å². The highest BCUT2D eigenvalue weighted by Crippen LogP contribution is 2.16. The fourth-order valence-electron chi connectivity index (χ4n) is 1.47. The summed E-state index contributed by atoms with van der Waals surface area (Å²) in [6.07, 6.45) is 2.98. The van der Waals surface area contributed by atoms with E-state index < -0.39 is 17.8 Å². The normalized spacial score (nSPS) is 9.85. The van der Waals surface area contributed by atoms with Gasteiger partial charge in [-0.3, -0.25) is 4.98 Å². The summed E-state index contributed by atoms with van der Waals surface area (Å²) in [4.78, 5) is 26.1. The summed E-state index contributed by atoms with van der Waals surface area (Å²) in [6, 6.07) is 5.82. The van der Waals surface area contributed by atoms with Crippen LogP contribution in [0.3, 0.4) is 0 Å². The topological polar surface area (TPSA) is 91.3 Å². The number of carboxylic acid groups (broad SMARTS) is 1. The number of carbonyl (C=O) groups is 2. The number of aromatic carboxylic acids is 1. The minimum Gasteiger partial charge on any atom is -0.478 e. The molecule has 102 valence electrons. The van der Waals surface area contributed by atoms with Crippen LogP contribution in [-0.2, 0) is 0 Å². The SMILES string of the molecule is O=C(Nc1cccnc1)Nc1ccc(C(=O)O)cc1F. The van der Waals surface area contributed by atoms with Crippen molar-refractivity contribution < 1.29 is 19.1 Å². The first kappa shape index (κ1) is 13.5. The van der Waals surface area contributed by atoms with E-state index in [0.29, 0.717) is 5.69 Å². The maximum absolute atomic E-state index is 13.6. The molecule has 1 heterocycles. The molecule has 2 amide bonds.